The number of aromatic hydroxyl groups is 1. The lowest BCUT2D eigenvalue weighted by Crippen LogP contribution is -2.14. The molecule has 0 aliphatic carbocycles. The molecule has 0 saturated heterocycles. The molecule has 2 N–H and O–H groups in total. The number of phenols is 1. The van der Waals surface area contributed by atoms with E-state index in [1.807, 2.05) is 24.3 Å². The topological polar surface area (TPSA) is 92.9 Å². The third kappa shape index (κ3) is 4.40. The van der Waals surface area contributed by atoms with Crippen molar-refractivity contribution in [2.45, 2.75) is 24.9 Å². The van der Waals surface area contributed by atoms with E-state index < -0.39 is 0 Å². The molecule has 0 aliphatic rings. The van der Waals surface area contributed by atoms with E-state index in [1.165, 1.54) is 22.0 Å². The Morgan fingerprint density at radius 3 is 2.50 bits per heavy atom. The fourth-order valence-corrected chi connectivity index (χ4v) is 2.99. The van der Waals surface area contributed by atoms with Crippen molar-refractivity contribution in [2.24, 2.45) is 0 Å². The number of thioether (sulfide) groups is 1. The number of phenolic OH excluding ortho intramolecular Hbond substituents is 1. The molecule has 2 aromatic carbocycles. The first-order chi connectivity index (χ1) is 12.5. The molecule has 7 nitrogen and oxygen atoms in total. The summed E-state index contributed by atoms with van der Waals surface area (Å²) in [6.07, 6.45) is 0. The molecular weight excluding hydrogens is 350 g/mol. The van der Waals surface area contributed by atoms with Gasteiger partial charge in [-0.3, -0.25) is 4.79 Å². The maximum absolute atomic E-state index is 12.2. The lowest BCUT2D eigenvalue weighted by Gasteiger charge is -2.08. The number of tetrazole rings is 1. The van der Waals surface area contributed by atoms with Crippen LogP contribution in [0.2, 0.25) is 0 Å². The predicted octanol–water partition coefficient (Wildman–Crippen LogP) is 3.22. The van der Waals surface area contributed by atoms with Crippen LogP contribution in [0.5, 0.6) is 5.75 Å². The molecule has 0 atom stereocenters. The van der Waals surface area contributed by atoms with Crippen molar-refractivity contribution in [3.63, 3.8) is 0 Å². The average molecular weight is 369 g/mol. The minimum Gasteiger partial charge on any atom is -0.508 e. The van der Waals surface area contributed by atoms with E-state index in [-0.39, 0.29) is 17.4 Å². The molecule has 26 heavy (non-hydrogen) atoms. The fraction of sp³-hybridized carbons (Fsp3) is 0.222. The number of nitrogens with zero attached hydrogens (tertiary/aromatic N) is 4. The van der Waals surface area contributed by atoms with Gasteiger partial charge >= 0.3 is 0 Å². The standard InChI is InChI=1S/C18H19N5O2S/c1-12(2)13-3-5-14(6-4-13)19-17(25)11-26-18-20-21-22-23(18)15-7-9-16(24)10-8-15/h3-10,12,24H,11H2,1-2H3,(H,19,25). The van der Waals surface area contributed by atoms with Crippen LogP contribution in [0.15, 0.2) is 53.7 Å². The zero-order valence-corrected chi connectivity index (χ0v) is 15.3. The molecule has 0 spiro atoms. The van der Waals surface area contributed by atoms with Crippen LogP contribution in [0.25, 0.3) is 5.69 Å². The SMILES string of the molecule is CC(C)c1ccc(NC(=O)CSc2nnnn2-c2ccc(O)cc2)cc1. The van der Waals surface area contributed by atoms with Crippen LogP contribution < -0.4 is 5.32 Å². The Balaban J connectivity index is 1.60. The molecule has 3 aromatic rings. The molecule has 0 radical (unpaired) electrons. The molecule has 3 rings (SSSR count). The van der Waals surface area contributed by atoms with Crippen molar-refractivity contribution in [3.8, 4) is 11.4 Å². The first-order valence-electron chi connectivity index (χ1n) is 8.13. The highest BCUT2D eigenvalue weighted by atomic mass is 32.2. The average Bonchev–Trinajstić information content (AvgIpc) is 3.09. The lowest BCUT2D eigenvalue weighted by molar-refractivity contribution is -0.113. The van der Waals surface area contributed by atoms with Crippen molar-refractivity contribution in [1.29, 1.82) is 0 Å². The molecule has 0 fully saturated rings. The molecule has 0 saturated carbocycles. The monoisotopic (exact) mass is 369 g/mol. The molecule has 1 amide bonds. The van der Waals surface area contributed by atoms with Crippen LogP contribution in [0.4, 0.5) is 5.69 Å². The first kappa shape index (κ1) is 17.9. The van der Waals surface area contributed by atoms with Gasteiger partial charge in [-0.1, -0.05) is 37.7 Å². The third-order valence-corrected chi connectivity index (χ3v) is 4.65. The number of nitrogens with one attached hydrogen (secondary N) is 1. The highest BCUT2D eigenvalue weighted by Crippen LogP contribution is 2.21. The minimum atomic E-state index is -0.132. The number of hydrogen-bond acceptors (Lipinski definition) is 6. The fourth-order valence-electron chi connectivity index (χ4n) is 2.30. The lowest BCUT2D eigenvalue weighted by atomic mass is 10.0. The minimum absolute atomic E-state index is 0.132. The molecule has 134 valence electrons. The zero-order chi connectivity index (χ0) is 18.5. The number of aromatic nitrogens is 4. The van der Waals surface area contributed by atoms with Crippen molar-refractivity contribution < 1.29 is 9.90 Å². The van der Waals surface area contributed by atoms with Crippen LogP contribution in [0, 0.1) is 0 Å². The van der Waals surface area contributed by atoms with Gasteiger partial charge in [0.1, 0.15) is 5.75 Å². The highest BCUT2D eigenvalue weighted by molar-refractivity contribution is 7.99. The molecular formula is C18H19N5O2S. The molecule has 1 heterocycles. The zero-order valence-electron chi connectivity index (χ0n) is 14.5. The summed E-state index contributed by atoms with van der Waals surface area (Å²) < 4.78 is 1.52. The van der Waals surface area contributed by atoms with Crippen LogP contribution in [-0.2, 0) is 4.79 Å². The number of benzene rings is 2. The summed E-state index contributed by atoms with van der Waals surface area (Å²) in [5.74, 6) is 0.671. The summed E-state index contributed by atoms with van der Waals surface area (Å²) in [4.78, 5) is 12.2. The summed E-state index contributed by atoms with van der Waals surface area (Å²) >= 11 is 1.24. The Morgan fingerprint density at radius 1 is 1.15 bits per heavy atom. The summed E-state index contributed by atoms with van der Waals surface area (Å²) in [5.41, 5.74) is 2.70. The van der Waals surface area contributed by atoms with Gasteiger partial charge in [-0.15, -0.1) is 5.10 Å². The Morgan fingerprint density at radius 2 is 1.85 bits per heavy atom. The van der Waals surface area contributed by atoms with Crippen LogP contribution >= 0.6 is 11.8 Å². The Kier molecular flexibility index (Phi) is 5.52. The second-order valence-corrected chi connectivity index (χ2v) is 6.95. The second-order valence-electron chi connectivity index (χ2n) is 6.00. The Bertz CT molecular complexity index is 875. The summed E-state index contributed by atoms with van der Waals surface area (Å²) in [6, 6.07) is 14.3. The van der Waals surface area contributed by atoms with Gasteiger partial charge in [0, 0.05) is 5.69 Å². The van der Waals surface area contributed by atoms with E-state index >= 15 is 0 Å². The van der Waals surface area contributed by atoms with Gasteiger partial charge in [-0.25, -0.2) is 0 Å². The molecule has 0 aliphatic heterocycles. The van der Waals surface area contributed by atoms with Crippen LogP contribution in [0.1, 0.15) is 25.3 Å². The normalized spacial score (nSPS) is 10.9. The number of rotatable bonds is 6. The highest BCUT2D eigenvalue weighted by Gasteiger charge is 2.12. The number of carbonyl (C=O) groups excluding carboxylic acids is 1. The summed E-state index contributed by atoms with van der Waals surface area (Å²) in [7, 11) is 0. The number of carbonyl (C=O) groups is 1. The molecule has 0 bridgehead atoms. The predicted molar refractivity (Wildman–Crippen MR) is 101 cm³/mol. The van der Waals surface area contributed by atoms with Gasteiger partial charge in [-0.2, -0.15) is 4.68 Å². The quantitative estimate of drug-likeness (QED) is 0.648. The second kappa shape index (κ2) is 8.01. The van der Waals surface area contributed by atoms with E-state index in [1.54, 1.807) is 24.3 Å². The van der Waals surface area contributed by atoms with Crippen LogP contribution in [-0.4, -0.2) is 37.0 Å². The third-order valence-electron chi connectivity index (χ3n) is 3.73. The number of hydrogen-bond donors (Lipinski definition) is 2. The van der Waals surface area contributed by atoms with Gasteiger partial charge in [-0.05, 0) is 58.3 Å². The smallest absolute Gasteiger partial charge is 0.234 e. The van der Waals surface area contributed by atoms with Gasteiger partial charge in [0.15, 0.2) is 0 Å². The summed E-state index contributed by atoms with van der Waals surface area (Å²) in [6.45, 7) is 4.25. The number of amides is 1. The van der Waals surface area contributed by atoms with Gasteiger partial charge < -0.3 is 10.4 Å². The van der Waals surface area contributed by atoms with Crippen LogP contribution in [0.3, 0.4) is 0 Å². The van der Waals surface area contributed by atoms with E-state index in [0.717, 1.165) is 5.69 Å². The number of anilines is 1. The Labute approximate surface area is 155 Å². The van der Waals surface area contributed by atoms with Crippen molar-refractivity contribution in [1.82, 2.24) is 20.2 Å². The largest absolute Gasteiger partial charge is 0.508 e. The maximum Gasteiger partial charge on any atom is 0.234 e. The first-order valence-corrected chi connectivity index (χ1v) is 9.12. The molecule has 1 aromatic heterocycles. The molecule has 0 unspecified atom stereocenters. The van der Waals surface area contributed by atoms with E-state index in [9.17, 15) is 9.90 Å². The van der Waals surface area contributed by atoms with Gasteiger partial charge in [0.25, 0.3) is 0 Å². The Hall–Kier alpha value is -2.87. The van der Waals surface area contributed by atoms with E-state index in [2.05, 4.69) is 34.7 Å². The van der Waals surface area contributed by atoms with Crippen molar-refractivity contribution in [2.75, 3.05) is 11.1 Å². The van der Waals surface area contributed by atoms with Crippen molar-refractivity contribution >= 4 is 23.4 Å². The molecule has 8 heteroatoms. The van der Waals surface area contributed by atoms with E-state index in [4.69, 9.17) is 0 Å². The van der Waals surface area contributed by atoms with E-state index in [0.29, 0.717) is 16.8 Å². The van der Waals surface area contributed by atoms with Gasteiger partial charge in [0.05, 0.1) is 11.4 Å². The van der Waals surface area contributed by atoms with Crippen molar-refractivity contribution in [3.05, 3.63) is 54.1 Å². The summed E-state index contributed by atoms with van der Waals surface area (Å²) in [5, 5.41) is 24.3. The van der Waals surface area contributed by atoms with Gasteiger partial charge in [0.2, 0.25) is 11.1 Å². The maximum atomic E-state index is 12.2.